The third-order valence-corrected chi connectivity index (χ3v) is 4.44. The fraction of sp³-hybridized carbons (Fsp3) is 0.750. The molecule has 0 aromatic carbocycles. The van der Waals surface area contributed by atoms with Crippen LogP contribution in [-0.2, 0) is 16.1 Å². The molecule has 0 radical (unpaired) electrons. The van der Waals surface area contributed by atoms with E-state index in [1.807, 2.05) is 11.8 Å². The lowest BCUT2D eigenvalue weighted by molar-refractivity contribution is -0.192. The number of piperazine rings is 1. The molecule has 0 aliphatic carbocycles. The standard InChI is InChI=1S/C14H23N5O2.C2HF3O2/c1-10-7-19(11(2)6-15-10)14(20)13-9-18(17-16-13)8-12-4-3-5-21-12;3-2(4,5)1(6)7/h9-12,15H,3-8H2,1-2H3;(H,6,7). The molecule has 1 amide bonds. The number of aliphatic carboxylic acids is 1. The minimum atomic E-state index is -5.08. The quantitative estimate of drug-likeness (QED) is 0.767. The van der Waals surface area contributed by atoms with E-state index < -0.39 is 12.1 Å². The molecule has 0 bridgehead atoms. The maximum Gasteiger partial charge on any atom is 0.490 e. The lowest BCUT2D eigenvalue weighted by Crippen LogP contribution is -2.56. The van der Waals surface area contributed by atoms with Crippen LogP contribution in [0, 0.1) is 0 Å². The van der Waals surface area contributed by atoms with Gasteiger partial charge in [-0.2, -0.15) is 13.2 Å². The number of carboxylic acid groups (broad SMARTS) is 1. The summed E-state index contributed by atoms with van der Waals surface area (Å²) in [5.74, 6) is -2.79. The number of rotatable bonds is 3. The normalized spacial score (nSPS) is 25.2. The number of amides is 1. The summed E-state index contributed by atoms with van der Waals surface area (Å²) in [7, 11) is 0. The van der Waals surface area contributed by atoms with Crippen LogP contribution >= 0.6 is 0 Å². The lowest BCUT2D eigenvalue weighted by atomic mass is 10.1. The zero-order valence-corrected chi connectivity index (χ0v) is 15.6. The number of hydrogen-bond acceptors (Lipinski definition) is 6. The number of halogens is 3. The number of ether oxygens (including phenoxy) is 1. The largest absolute Gasteiger partial charge is 0.490 e. The lowest BCUT2D eigenvalue weighted by Gasteiger charge is -2.37. The van der Waals surface area contributed by atoms with Crippen LogP contribution in [0.5, 0.6) is 0 Å². The summed E-state index contributed by atoms with van der Waals surface area (Å²) in [5.41, 5.74) is 0.425. The fourth-order valence-electron chi connectivity index (χ4n) is 2.93. The van der Waals surface area contributed by atoms with Crippen molar-refractivity contribution in [3.63, 3.8) is 0 Å². The van der Waals surface area contributed by atoms with Crippen LogP contribution < -0.4 is 5.32 Å². The van der Waals surface area contributed by atoms with Crippen LogP contribution in [-0.4, -0.2) is 80.9 Å². The summed E-state index contributed by atoms with van der Waals surface area (Å²) in [6.45, 7) is 7.15. The zero-order valence-electron chi connectivity index (χ0n) is 15.6. The predicted octanol–water partition coefficient (Wildman–Crippen LogP) is 0.913. The topological polar surface area (TPSA) is 110 Å². The Morgan fingerprint density at radius 2 is 2.07 bits per heavy atom. The van der Waals surface area contributed by atoms with E-state index in [2.05, 4.69) is 22.6 Å². The molecule has 158 valence electrons. The minimum absolute atomic E-state index is 0.0329. The molecule has 3 unspecified atom stereocenters. The van der Waals surface area contributed by atoms with Crippen LogP contribution in [0.3, 0.4) is 0 Å². The smallest absolute Gasteiger partial charge is 0.475 e. The molecule has 2 fully saturated rings. The number of carbonyl (C=O) groups excluding carboxylic acids is 1. The van der Waals surface area contributed by atoms with Gasteiger partial charge in [0.1, 0.15) is 0 Å². The van der Waals surface area contributed by atoms with E-state index in [1.54, 1.807) is 10.9 Å². The molecule has 0 spiro atoms. The zero-order chi connectivity index (χ0) is 20.9. The van der Waals surface area contributed by atoms with E-state index in [-0.39, 0.29) is 18.1 Å². The van der Waals surface area contributed by atoms with E-state index in [1.165, 1.54) is 0 Å². The van der Waals surface area contributed by atoms with Crippen LogP contribution in [0.1, 0.15) is 37.2 Å². The first kappa shape index (κ1) is 22.1. The van der Waals surface area contributed by atoms with Crippen molar-refractivity contribution in [2.45, 2.75) is 57.6 Å². The second kappa shape index (κ2) is 9.32. The molecule has 3 heterocycles. The van der Waals surface area contributed by atoms with Crippen molar-refractivity contribution >= 4 is 11.9 Å². The highest BCUT2D eigenvalue weighted by Crippen LogP contribution is 2.15. The van der Waals surface area contributed by atoms with Crippen molar-refractivity contribution in [3.8, 4) is 0 Å². The number of nitrogens with one attached hydrogen (secondary N) is 1. The Bertz CT molecular complexity index is 675. The van der Waals surface area contributed by atoms with Gasteiger partial charge in [-0.05, 0) is 26.7 Å². The molecule has 2 saturated heterocycles. The maximum absolute atomic E-state index is 12.6. The van der Waals surface area contributed by atoms with E-state index in [4.69, 9.17) is 14.6 Å². The first-order chi connectivity index (χ1) is 13.1. The predicted molar refractivity (Wildman–Crippen MR) is 90.7 cm³/mol. The van der Waals surface area contributed by atoms with Gasteiger partial charge in [-0.25, -0.2) is 9.48 Å². The molecule has 12 heteroatoms. The van der Waals surface area contributed by atoms with E-state index in [0.29, 0.717) is 24.8 Å². The molecule has 28 heavy (non-hydrogen) atoms. The molecule has 2 aliphatic rings. The second-order valence-corrected chi connectivity index (χ2v) is 6.88. The summed E-state index contributed by atoms with van der Waals surface area (Å²) >= 11 is 0. The first-order valence-electron chi connectivity index (χ1n) is 8.94. The fourth-order valence-corrected chi connectivity index (χ4v) is 2.93. The average molecular weight is 407 g/mol. The molecule has 2 aliphatic heterocycles. The highest BCUT2D eigenvalue weighted by Gasteiger charge is 2.38. The van der Waals surface area contributed by atoms with Crippen molar-refractivity contribution in [3.05, 3.63) is 11.9 Å². The number of aromatic nitrogens is 3. The molecule has 2 N–H and O–H groups in total. The van der Waals surface area contributed by atoms with Gasteiger partial charge in [-0.3, -0.25) is 4.79 Å². The van der Waals surface area contributed by atoms with Crippen molar-refractivity contribution in [2.24, 2.45) is 0 Å². The van der Waals surface area contributed by atoms with Crippen LogP contribution in [0.15, 0.2) is 6.20 Å². The van der Waals surface area contributed by atoms with E-state index in [0.717, 1.165) is 26.0 Å². The van der Waals surface area contributed by atoms with Crippen LogP contribution in [0.4, 0.5) is 13.2 Å². The molecular formula is C16H24F3N5O4. The van der Waals surface area contributed by atoms with Crippen LogP contribution in [0.2, 0.25) is 0 Å². The van der Waals surface area contributed by atoms with Crippen molar-refractivity contribution in [2.75, 3.05) is 19.7 Å². The van der Waals surface area contributed by atoms with Crippen molar-refractivity contribution in [1.29, 1.82) is 0 Å². The minimum Gasteiger partial charge on any atom is -0.475 e. The van der Waals surface area contributed by atoms with Gasteiger partial charge in [0.2, 0.25) is 0 Å². The Morgan fingerprint density at radius 3 is 2.64 bits per heavy atom. The van der Waals surface area contributed by atoms with E-state index >= 15 is 0 Å². The van der Waals surface area contributed by atoms with Crippen molar-refractivity contribution < 1.29 is 32.6 Å². The Labute approximate surface area is 159 Å². The second-order valence-electron chi connectivity index (χ2n) is 6.88. The number of carbonyl (C=O) groups is 2. The molecule has 3 atom stereocenters. The molecule has 9 nitrogen and oxygen atoms in total. The van der Waals surface area contributed by atoms with Gasteiger partial charge < -0.3 is 20.1 Å². The average Bonchev–Trinajstić information content (AvgIpc) is 3.28. The third kappa shape index (κ3) is 6.16. The summed E-state index contributed by atoms with van der Waals surface area (Å²) in [4.78, 5) is 23.3. The Hall–Kier alpha value is -2.21. The van der Waals surface area contributed by atoms with Crippen LogP contribution in [0.25, 0.3) is 0 Å². The highest BCUT2D eigenvalue weighted by atomic mass is 19.4. The molecular weight excluding hydrogens is 383 g/mol. The number of nitrogens with zero attached hydrogens (tertiary/aromatic N) is 4. The van der Waals surface area contributed by atoms with Gasteiger partial charge in [0, 0.05) is 31.8 Å². The van der Waals surface area contributed by atoms with E-state index in [9.17, 15) is 18.0 Å². The molecule has 1 aromatic rings. The molecule has 0 saturated carbocycles. The van der Waals surface area contributed by atoms with Gasteiger partial charge in [0.15, 0.2) is 5.69 Å². The molecule has 3 rings (SSSR count). The summed E-state index contributed by atoms with van der Waals surface area (Å²) < 4.78 is 39.0. The number of alkyl halides is 3. The van der Waals surface area contributed by atoms with Gasteiger partial charge in [-0.15, -0.1) is 5.10 Å². The Balaban J connectivity index is 0.000000345. The SMILES string of the molecule is CC1CN(C(=O)c2cn(CC3CCCO3)nn2)C(C)CN1.O=C(O)C(F)(F)F. The maximum atomic E-state index is 12.6. The summed E-state index contributed by atoms with van der Waals surface area (Å²) in [5, 5.41) is 18.6. The Morgan fingerprint density at radius 1 is 1.39 bits per heavy atom. The summed E-state index contributed by atoms with van der Waals surface area (Å²) in [6.07, 6.45) is -0.993. The Kier molecular flexibility index (Phi) is 7.35. The number of hydrogen-bond donors (Lipinski definition) is 2. The number of carboxylic acids is 1. The van der Waals surface area contributed by atoms with Gasteiger partial charge in [0.05, 0.1) is 18.8 Å². The first-order valence-corrected chi connectivity index (χ1v) is 8.94. The highest BCUT2D eigenvalue weighted by molar-refractivity contribution is 5.92. The van der Waals surface area contributed by atoms with Gasteiger partial charge in [-0.1, -0.05) is 5.21 Å². The molecule has 1 aromatic heterocycles. The monoisotopic (exact) mass is 407 g/mol. The van der Waals surface area contributed by atoms with Gasteiger partial charge in [0.25, 0.3) is 5.91 Å². The van der Waals surface area contributed by atoms with Crippen molar-refractivity contribution in [1.82, 2.24) is 25.2 Å². The van der Waals surface area contributed by atoms with Gasteiger partial charge >= 0.3 is 12.1 Å². The third-order valence-electron chi connectivity index (χ3n) is 4.44. The summed E-state index contributed by atoms with van der Waals surface area (Å²) in [6, 6.07) is 0.490.